The molecular formula is C44H57N5O8. The van der Waals surface area contributed by atoms with Crippen LogP contribution in [0.15, 0.2) is 78.7 Å². The quantitative estimate of drug-likeness (QED) is 0.0378. The highest BCUT2D eigenvalue weighted by Crippen LogP contribution is 2.44. The molecule has 57 heavy (non-hydrogen) atoms. The molecule has 2 aliphatic carbocycles. The van der Waals surface area contributed by atoms with E-state index in [1.165, 1.54) is 6.08 Å². The molecule has 13 nitrogen and oxygen atoms in total. The molecule has 0 spiro atoms. The maximum Gasteiger partial charge on any atom is 0.407 e. The van der Waals surface area contributed by atoms with E-state index in [-0.39, 0.29) is 42.0 Å². The van der Waals surface area contributed by atoms with Gasteiger partial charge in [0.15, 0.2) is 11.6 Å². The molecule has 2 aliphatic rings. The second-order valence-electron chi connectivity index (χ2n) is 15.8. The predicted octanol–water partition coefficient (Wildman–Crippen LogP) is 6.47. The molecule has 5 rings (SSSR count). The van der Waals surface area contributed by atoms with Gasteiger partial charge in [0, 0.05) is 37.5 Å². The summed E-state index contributed by atoms with van der Waals surface area (Å²) in [7, 11) is 0. The van der Waals surface area contributed by atoms with E-state index in [1.807, 2.05) is 38.1 Å². The van der Waals surface area contributed by atoms with Gasteiger partial charge < -0.3 is 29.6 Å². The summed E-state index contributed by atoms with van der Waals surface area (Å²) in [4.78, 5) is 51.6. The molecule has 1 fully saturated rings. The number of nitrogens with zero attached hydrogens (tertiary/aromatic N) is 3. The van der Waals surface area contributed by atoms with E-state index < -0.39 is 18.1 Å². The van der Waals surface area contributed by atoms with Crippen molar-refractivity contribution in [2.75, 3.05) is 39.6 Å². The lowest BCUT2D eigenvalue weighted by atomic mass is 9.73. The minimum absolute atomic E-state index is 0.0341. The summed E-state index contributed by atoms with van der Waals surface area (Å²) in [5, 5.41) is 14.2. The Morgan fingerprint density at radius 1 is 0.947 bits per heavy atom. The standard InChI is InChI=1S/C44H57N5O8/c1-6-20-56-42(52)37(47-43(53)57-29-36-34-15-9-7-13-32(34)33-14-8-10-16-35(33)36)17-11-12-19-49-31(27-46-48-49)28-55-23-22-54-21-18-45-38(24-30(2)3)41-39(50)25-44(4,5)26-40(41)51/h6-10,13-16,27,30,36-37,45H,1,11-12,17-26,28-29H2,2-5H3,(H,47,53). The Hall–Kier alpha value is -5.14. The van der Waals surface area contributed by atoms with Crippen molar-refractivity contribution in [3.8, 4) is 11.1 Å². The number of allylic oxidation sites excluding steroid dienone is 2. The number of carbonyl (C=O) groups excluding carboxylic acids is 4. The van der Waals surface area contributed by atoms with E-state index in [2.05, 4.69) is 65.6 Å². The Morgan fingerprint density at radius 3 is 2.28 bits per heavy atom. The SMILES string of the molecule is C=CCOC(=O)C(CCCCn1nncc1COCCOCCNC(CC(C)C)=C1C(=O)CC(C)(C)CC1=O)NC(=O)OCC1c2ccccc2-c2ccccc21. The smallest absolute Gasteiger partial charge is 0.407 e. The molecule has 0 aliphatic heterocycles. The highest BCUT2D eigenvalue weighted by Gasteiger charge is 2.37. The third kappa shape index (κ3) is 12.2. The number of Topliss-reactive ketones (excluding diaryl/α,β-unsaturated/α-hetero) is 2. The van der Waals surface area contributed by atoms with Gasteiger partial charge >= 0.3 is 12.1 Å². The van der Waals surface area contributed by atoms with Crippen LogP contribution in [0.1, 0.15) is 89.0 Å². The van der Waals surface area contributed by atoms with Crippen LogP contribution in [0.25, 0.3) is 11.1 Å². The number of ketones is 2. The number of esters is 1. The second-order valence-corrected chi connectivity index (χ2v) is 15.8. The number of nitrogens with one attached hydrogen (secondary N) is 2. The Balaban J connectivity index is 1.01. The van der Waals surface area contributed by atoms with Crippen LogP contribution >= 0.6 is 0 Å². The lowest BCUT2D eigenvalue weighted by Gasteiger charge is -2.30. The number of ether oxygens (including phenoxy) is 4. The molecule has 0 bridgehead atoms. The molecule has 2 aromatic carbocycles. The molecule has 1 atom stereocenters. The average Bonchev–Trinajstić information content (AvgIpc) is 3.75. The van der Waals surface area contributed by atoms with Crippen molar-refractivity contribution in [3.05, 3.63) is 95.5 Å². The number of aromatic nitrogens is 3. The molecule has 306 valence electrons. The highest BCUT2D eigenvalue weighted by atomic mass is 16.6. The molecule has 2 N–H and O–H groups in total. The van der Waals surface area contributed by atoms with Crippen molar-refractivity contribution >= 4 is 23.6 Å². The number of unbranched alkanes of at least 4 members (excludes halogenated alkanes) is 1. The zero-order chi connectivity index (χ0) is 40.8. The van der Waals surface area contributed by atoms with Crippen LogP contribution < -0.4 is 10.6 Å². The largest absolute Gasteiger partial charge is 0.460 e. The molecule has 1 heterocycles. The summed E-state index contributed by atoms with van der Waals surface area (Å²) in [6.45, 7) is 14.2. The van der Waals surface area contributed by atoms with Crippen LogP contribution in [0.3, 0.4) is 0 Å². The molecule has 1 aromatic heterocycles. The number of carbonyl (C=O) groups is 4. The summed E-state index contributed by atoms with van der Waals surface area (Å²) in [5.74, 6) is -0.534. The molecular weight excluding hydrogens is 727 g/mol. The first kappa shape index (κ1) is 43.0. The van der Waals surface area contributed by atoms with Crippen molar-refractivity contribution in [1.29, 1.82) is 0 Å². The van der Waals surface area contributed by atoms with E-state index in [9.17, 15) is 19.2 Å². The molecule has 1 saturated carbocycles. The van der Waals surface area contributed by atoms with E-state index in [0.717, 1.165) is 27.9 Å². The van der Waals surface area contributed by atoms with Gasteiger partial charge in [-0.3, -0.25) is 9.59 Å². The van der Waals surface area contributed by atoms with Gasteiger partial charge in [0.05, 0.1) is 43.9 Å². The number of fused-ring (bicyclic) bond motifs is 3. The molecule has 13 heteroatoms. The van der Waals surface area contributed by atoms with Gasteiger partial charge in [0.1, 0.15) is 19.3 Å². The van der Waals surface area contributed by atoms with E-state index in [4.69, 9.17) is 18.9 Å². The minimum atomic E-state index is -0.891. The molecule has 1 amide bonds. The van der Waals surface area contributed by atoms with Crippen LogP contribution in [-0.4, -0.2) is 84.2 Å². The van der Waals surface area contributed by atoms with Crippen LogP contribution in [-0.2, 0) is 46.5 Å². The Morgan fingerprint density at radius 2 is 1.61 bits per heavy atom. The number of alkyl carbamates (subject to hydrolysis) is 1. The number of hydrogen-bond acceptors (Lipinski definition) is 11. The van der Waals surface area contributed by atoms with Gasteiger partial charge in [-0.25, -0.2) is 14.3 Å². The van der Waals surface area contributed by atoms with Gasteiger partial charge in [-0.2, -0.15) is 0 Å². The average molecular weight is 784 g/mol. The third-order valence-corrected chi connectivity index (χ3v) is 10.0. The topological polar surface area (TPSA) is 160 Å². The van der Waals surface area contributed by atoms with Crippen molar-refractivity contribution in [2.24, 2.45) is 11.3 Å². The summed E-state index contributed by atoms with van der Waals surface area (Å²) in [6.07, 6.45) is 5.41. The summed E-state index contributed by atoms with van der Waals surface area (Å²) < 4.78 is 24.3. The van der Waals surface area contributed by atoms with Gasteiger partial charge in [0.25, 0.3) is 0 Å². The normalized spacial score (nSPS) is 15.2. The van der Waals surface area contributed by atoms with Crippen molar-refractivity contribution < 1.29 is 38.1 Å². The first-order valence-corrected chi connectivity index (χ1v) is 19.9. The monoisotopic (exact) mass is 783 g/mol. The number of rotatable bonds is 22. The van der Waals surface area contributed by atoms with Gasteiger partial charge in [-0.15, -0.1) is 5.10 Å². The first-order valence-electron chi connectivity index (χ1n) is 19.9. The number of hydrogen-bond donors (Lipinski definition) is 2. The van der Waals surface area contributed by atoms with Crippen LogP contribution in [0.5, 0.6) is 0 Å². The third-order valence-electron chi connectivity index (χ3n) is 10.0. The molecule has 0 saturated heterocycles. The second kappa shape index (κ2) is 20.9. The molecule has 1 unspecified atom stereocenters. The Labute approximate surface area is 335 Å². The van der Waals surface area contributed by atoms with Crippen LogP contribution in [0, 0.1) is 11.3 Å². The van der Waals surface area contributed by atoms with Gasteiger partial charge in [0.2, 0.25) is 0 Å². The van der Waals surface area contributed by atoms with E-state index >= 15 is 0 Å². The number of amides is 1. The Bertz CT molecular complexity index is 1830. The van der Waals surface area contributed by atoms with Crippen molar-refractivity contribution in [3.63, 3.8) is 0 Å². The number of benzene rings is 2. The molecule has 3 aromatic rings. The van der Waals surface area contributed by atoms with E-state index in [1.54, 1.807) is 10.9 Å². The van der Waals surface area contributed by atoms with Gasteiger partial charge in [-0.05, 0) is 59.3 Å². The van der Waals surface area contributed by atoms with Crippen molar-refractivity contribution in [2.45, 2.75) is 91.3 Å². The summed E-state index contributed by atoms with van der Waals surface area (Å²) >= 11 is 0. The maximum atomic E-state index is 13.0. The summed E-state index contributed by atoms with van der Waals surface area (Å²) in [5.41, 5.74) is 6.00. The minimum Gasteiger partial charge on any atom is -0.460 e. The van der Waals surface area contributed by atoms with Crippen LogP contribution in [0.2, 0.25) is 0 Å². The maximum absolute atomic E-state index is 13.0. The van der Waals surface area contributed by atoms with Gasteiger partial charge in [-0.1, -0.05) is 94.1 Å². The van der Waals surface area contributed by atoms with Crippen LogP contribution in [0.4, 0.5) is 4.79 Å². The lowest BCUT2D eigenvalue weighted by Crippen LogP contribution is -2.42. The molecule has 0 radical (unpaired) electrons. The highest BCUT2D eigenvalue weighted by molar-refractivity contribution is 6.22. The fourth-order valence-electron chi connectivity index (χ4n) is 7.40. The van der Waals surface area contributed by atoms with E-state index in [0.29, 0.717) is 89.3 Å². The fourth-order valence-corrected chi connectivity index (χ4v) is 7.40. The number of aryl methyl sites for hydroxylation is 1. The summed E-state index contributed by atoms with van der Waals surface area (Å²) in [6, 6.07) is 15.3. The fraction of sp³-hybridized carbons (Fsp3) is 0.500. The zero-order valence-corrected chi connectivity index (χ0v) is 33.7. The Kier molecular flexibility index (Phi) is 15.7. The zero-order valence-electron chi connectivity index (χ0n) is 33.7. The first-order chi connectivity index (χ1) is 27.5. The predicted molar refractivity (Wildman–Crippen MR) is 215 cm³/mol. The van der Waals surface area contributed by atoms with Crippen molar-refractivity contribution in [1.82, 2.24) is 25.6 Å². The lowest BCUT2D eigenvalue weighted by molar-refractivity contribution is -0.145.